The van der Waals surface area contributed by atoms with Crippen molar-refractivity contribution in [1.82, 2.24) is 0 Å². The molecule has 3 aliphatic rings. The van der Waals surface area contributed by atoms with Crippen LogP contribution in [0.15, 0.2) is 182 Å². The zero-order valence-corrected chi connectivity index (χ0v) is 31.0. The predicted octanol–water partition coefficient (Wildman–Crippen LogP) is 14.9. The molecule has 3 aliphatic carbocycles. The van der Waals surface area contributed by atoms with Gasteiger partial charge in [0.25, 0.3) is 0 Å². The minimum absolute atomic E-state index is 0.162. The highest BCUT2D eigenvalue weighted by Crippen LogP contribution is 2.55. The molecule has 55 heavy (non-hydrogen) atoms. The normalized spacial score (nSPS) is 17.3. The molecular weight excluding hydrogens is 661 g/mol. The molecule has 9 aromatic carbocycles. The van der Waals surface area contributed by atoms with Crippen LogP contribution in [0.4, 0.5) is 0 Å². The summed E-state index contributed by atoms with van der Waals surface area (Å²) in [4.78, 5) is 0. The summed E-state index contributed by atoms with van der Waals surface area (Å²) in [7, 11) is 0. The Labute approximate surface area is 321 Å². The minimum atomic E-state index is -0.162. The van der Waals surface area contributed by atoms with Gasteiger partial charge in [0.05, 0.1) is 0 Å². The van der Waals surface area contributed by atoms with E-state index in [2.05, 4.69) is 196 Å². The molecule has 0 amide bonds. The van der Waals surface area contributed by atoms with E-state index in [1.165, 1.54) is 110 Å². The maximum atomic E-state index is 2.53. The maximum Gasteiger partial charge on any atom is 0.0159 e. The second-order valence-corrected chi connectivity index (χ2v) is 16.3. The summed E-state index contributed by atoms with van der Waals surface area (Å²) in [5, 5.41) is 10.5. The monoisotopic (exact) mass is 698 g/mol. The standard InChI is InChI=1S/C55H38/c1-55(2)51-30-34(48-29-36-24-23-33-13-3-4-14-37(33)53(36)45-20-10-8-18-41(45)48)25-27-43(51)44-28-26-35(31-52(44)55)49-32-50-40-17-6-5-15-38(40)39-16-7-11-21-46(39)54(50)47-22-12-9-19-42(47)49/h3-32,38,40H,1-2H3. The summed E-state index contributed by atoms with van der Waals surface area (Å²) in [6.45, 7) is 4.84. The van der Waals surface area contributed by atoms with Crippen LogP contribution in [0.3, 0.4) is 0 Å². The van der Waals surface area contributed by atoms with Crippen LogP contribution in [0.2, 0.25) is 0 Å². The van der Waals surface area contributed by atoms with Crippen LogP contribution in [0, 0.1) is 0 Å². The van der Waals surface area contributed by atoms with Crippen LogP contribution >= 0.6 is 0 Å². The fourth-order valence-corrected chi connectivity index (χ4v) is 10.6. The lowest BCUT2D eigenvalue weighted by Crippen LogP contribution is -2.17. The highest BCUT2D eigenvalue weighted by molar-refractivity contribution is 6.23. The quantitative estimate of drug-likeness (QED) is 0.158. The molecule has 0 N–H and O–H groups in total. The van der Waals surface area contributed by atoms with E-state index in [0.717, 1.165) is 0 Å². The SMILES string of the molecule is CC1(C)c2cc(-c3cc4c(c5ccccc35)-c3ccccc3C3C=CC=CC43)ccc2-c2ccc(-c3cc4ccc5ccccc5c4c4ccccc34)cc21. The van der Waals surface area contributed by atoms with Crippen molar-refractivity contribution in [2.24, 2.45) is 0 Å². The average Bonchev–Trinajstić information content (AvgIpc) is 3.47. The second kappa shape index (κ2) is 11.3. The van der Waals surface area contributed by atoms with Gasteiger partial charge < -0.3 is 0 Å². The van der Waals surface area contributed by atoms with Crippen molar-refractivity contribution in [3.8, 4) is 44.5 Å². The smallest absolute Gasteiger partial charge is 0.0159 e. The Morgan fingerprint density at radius 2 is 0.927 bits per heavy atom. The largest absolute Gasteiger partial charge is 0.0761 e. The van der Waals surface area contributed by atoms with Crippen LogP contribution in [0.5, 0.6) is 0 Å². The molecule has 0 aromatic heterocycles. The number of rotatable bonds is 2. The predicted molar refractivity (Wildman–Crippen MR) is 234 cm³/mol. The molecule has 0 aliphatic heterocycles. The molecule has 9 aromatic rings. The second-order valence-electron chi connectivity index (χ2n) is 16.3. The Kier molecular flexibility index (Phi) is 6.33. The first kappa shape index (κ1) is 30.9. The lowest BCUT2D eigenvalue weighted by atomic mass is 9.68. The van der Waals surface area contributed by atoms with E-state index in [9.17, 15) is 0 Å². The van der Waals surface area contributed by atoms with E-state index in [-0.39, 0.29) is 5.41 Å². The van der Waals surface area contributed by atoms with Crippen LogP contribution in [-0.2, 0) is 5.41 Å². The summed E-state index contributed by atoms with van der Waals surface area (Å²) in [6.07, 6.45) is 9.27. The Morgan fingerprint density at radius 1 is 0.382 bits per heavy atom. The summed E-state index contributed by atoms with van der Waals surface area (Å²) in [5.41, 5.74) is 16.1. The van der Waals surface area contributed by atoms with Crippen molar-refractivity contribution < 1.29 is 0 Å². The van der Waals surface area contributed by atoms with Gasteiger partial charge in [0.2, 0.25) is 0 Å². The zero-order valence-electron chi connectivity index (χ0n) is 31.0. The summed E-state index contributed by atoms with van der Waals surface area (Å²) >= 11 is 0. The van der Waals surface area contributed by atoms with Gasteiger partial charge in [0, 0.05) is 17.3 Å². The van der Waals surface area contributed by atoms with Gasteiger partial charge in [0.1, 0.15) is 0 Å². The van der Waals surface area contributed by atoms with Crippen molar-refractivity contribution in [3.05, 3.63) is 204 Å². The molecule has 0 spiro atoms. The van der Waals surface area contributed by atoms with E-state index in [0.29, 0.717) is 11.8 Å². The Hall–Kier alpha value is -6.50. The van der Waals surface area contributed by atoms with E-state index in [1.54, 1.807) is 0 Å². The van der Waals surface area contributed by atoms with Crippen molar-refractivity contribution in [2.75, 3.05) is 0 Å². The highest BCUT2D eigenvalue weighted by atomic mass is 14.4. The first-order chi connectivity index (χ1) is 27.0. The molecule has 0 fully saturated rings. The first-order valence-electron chi connectivity index (χ1n) is 19.7. The van der Waals surface area contributed by atoms with Gasteiger partial charge in [-0.05, 0) is 134 Å². The molecule has 2 atom stereocenters. The van der Waals surface area contributed by atoms with Gasteiger partial charge in [0.15, 0.2) is 0 Å². The van der Waals surface area contributed by atoms with Gasteiger partial charge in [-0.25, -0.2) is 0 Å². The third-order valence-corrected chi connectivity index (χ3v) is 13.2. The topological polar surface area (TPSA) is 0 Å². The van der Waals surface area contributed by atoms with Crippen molar-refractivity contribution >= 4 is 43.1 Å². The van der Waals surface area contributed by atoms with Crippen LogP contribution in [0.1, 0.15) is 47.9 Å². The van der Waals surface area contributed by atoms with Gasteiger partial charge in [-0.2, -0.15) is 0 Å². The first-order valence-corrected chi connectivity index (χ1v) is 19.7. The Morgan fingerprint density at radius 3 is 1.65 bits per heavy atom. The molecule has 0 nitrogen and oxygen atoms in total. The molecule has 0 heteroatoms. The number of hydrogen-bond acceptors (Lipinski definition) is 0. The summed E-state index contributed by atoms with van der Waals surface area (Å²) in [6, 6.07) is 59.9. The number of allylic oxidation sites excluding steroid dienone is 4. The maximum absolute atomic E-state index is 2.53. The molecule has 0 saturated carbocycles. The summed E-state index contributed by atoms with van der Waals surface area (Å²) in [5.74, 6) is 0.668. The van der Waals surface area contributed by atoms with Crippen molar-refractivity contribution in [1.29, 1.82) is 0 Å². The molecular formula is C55H38. The molecule has 0 radical (unpaired) electrons. The third kappa shape index (κ3) is 4.28. The van der Waals surface area contributed by atoms with Crippen LogP contribution in [0.25, 0.3) is 87.6 Å². The van der Waals surface area contributed by atoms with Gasteiger partial charge in [-0.15, -0.1) is 0 Å². The summed E-state index contributed by atoms with van der Waals surface area (Å²) < 4.78 is 0. The van der Waals surface area contributed by atoms with E-state index in [1.807, 2.05) is 0 Å². The molecule has 258 valence electrons. The Bertz CT molecular complexity index is 3180. The van der Waals surface area contributed by atoms with Gasteiger partial charge in [-0.3, -0.25) is 0 Å². The molecule has 2 unspecified atom stereocenters. The number of hydrogen-bond donors (Lipinski definition) is 0. The fraction of sp³-hybridized carbons (Fsp3) is 0.0909. The van der Waals surface area contributed by atoms with E-state index >= 15 is 0 Å². The van der Waals surface area contributed by atoms with E-state index < -0.39 is 0 Å². The van der Waals surface area contributed by atoms with Crippen molar-refractivity contribution in [3.63, 3.8) is 0 Å². The highest BCUT2D eigenvalue weighted by Gasteiger charge is 2.37. The molecule has 12 rings (SSSR count). The minimum Gasteiger partial charge on any atom is -0.0761 e. The lowest BCUT2D eigenvalue weighted by Gasteiger charge is -2.35. The lowest BCUT2D eigenvalue weighted by molar-refractivity contribution is 0.661. The van der Waals surface area contributed by atoms with E-state index in [4.69, 9.17) is 0 Å². The molecule has 0 heterocycles. The van der Waals surface area contributed by atoms with Gasteiger partial charge in [-0.1, -0.05) is 172 Å². The fourth-order valence-electron chi connectivity index (χ4n) is 10.6. The van der Waals surface area contributed by atoms with Crippen LogP contribution in [-0.4, -0.2) is 0 Å². The Balaban J connectivity index is 1.02. The van der Waals surface area contributed by atoms with Crippen LogP contribution < -0.4 is 0 Å². The van der Waals surface area contributed by atoms with Crippen molar-refractivity contribution in [2.45, 2.75) is 31.1 Å². The third-order valence-electron chi connectivity index (χ3n) is 13.2. The zero-order chi connectivity index (χ0) is 36.4. The average molecular weight is 699 g/mol. The molecule has 0 bridgehead atoms. The number of fused-ring (bicyclic) bond motifs is 16. The van der Waals surface area contributed by atoms with Gasteiger partial charge >= 0.3 is 0 Å². The molecule has 0 saturated heterocycles. The number of benzene rings is 9.